The van der Waals surface area contributed by atoms with Crippen molar-refractivity contribution in [2.24, 2.45) is 11.3 Å². The summed E-state index contributed by atoms with van der Waals surface area (Å²) in [6.07, 6.45) is -14.0. The first kappa shape index (κ1) is 131. The van der Waals surface area contributed by atoms with Crippen LogP contribution in [-0.2, 0) is 10.9 Å². The summed E-state index contributed by atoms with van der Waals surface area (Å²) >= 11 is 9.61. The molecule has 0 saturated carbocycles. The van der Waals surface area contributed by atoms with E-state index in [0.717, 1.165) is 47.1 Å². The van der Waals surface area contributed by atoms with Crippen molar-refractivity contribution in [1.29, 1.82) is 0 Å². The monoisotopic (exact) mass is 1810 g/mol. The third kappa shape index (κ3) is 142. The van der Waals surface area contributed by atoms with Gasteiger partial charge in [0.05, 0.1) is 26.1 Å². The van der Waals surface area contributed by atoms with E-state index in [4.69, 9.17) is 9.47 Å². The molecular weight excluding hydrogens is 1690 g/mol. The number of benzene rings is 6. The highest BCUT2D eigenvalue weighted by Gasteiger charge is 2.57. The molecule has 630 valence electrons. The first-order valence-corrected chi connectivity index (χ1v) is 38.9. The molecule has 0 heterocycles. The number of para-hydroxylation sites is 1. The van der Waals surface area contributed by atoms with Crippen molar-refractivity contribution in [1.82, 2.24) is 0 Å². The van der Waals surface area contributed by atoms with Gasteiger partial charge < -0.3 is 9.47 Å². The maximum absolute atomic E-state index is 11.9. The first-order chi connectivity index (χ1) is 47.2. The Bertz CT molecular complexity index is 2630. The average Bonchev–Trinajstić information content (AvgIpc) is 0.790. The molecule has 31 heteroatoms. The van der Waals surface area contributed by atoms with Gasteiger partial charge in [-0.25, -0.2) is 0 Å². The summed E-state index contributed by atoms with van der Waals surface area (Å²) in [4.78, 5) is 1.97. The molecule has 6 aromatic carbocycles. The van der Waals surface area contributed by atoms with Gasteiger partial charge in [0.1, 0.15) is 17.2 Å². The van der Waals surface area contributed by atoms with Crippen LogP contribution >= 0.6 is 72.1 Å². The molecule has 6 rings (SSSR count). The first-order valence-electron chi connectivity index (χ1n) is 30.9. The maximum atomic E-state index is 11.9. The lowest BCUT2D eigenvalue weighted by Gasteiger charge is -2.35. The van der Waals surface area contributed by atoms with Gasteiger partial charge in [-0.2, -0.15) is 61.5 Å². The molecule has 3 nitrogen and oxygen atoms in total. The van der Waals surface area contributed by atoms with Crippen LogP contribution in [0.15, 0.2) is 152 Å². The summed E-state index contributed by atoms with van der Waals surface area (Å²) in [5.41, 5.74) is 4.48. The molecule has 0 N–H and O–H groups in total. The normalized spacial score (nSPS) is 10.7. The fourth-order valence-electron chi connectivity index (χ4n) is 3.99. The van der Waals surface area contributed by atoms with Gasteiger partial charge in [0.15, 0.2) is 0 Å². The van der Waals surface area contributed by atoms with Crippen LogP contribution in [0.25, 0.3) is 0 Å². The van der Waals surface area contributed by atoms with Crippen molar-refractivity contribution in [2.45, 2.75) is 195 Å². The summed E-state index contributed by atoms with van der Waals surface area (Å²) in [7, 11) is -6.22. The molecule has 0 atom stereocenters. The molecule has 0 aromatic heterocycles. The van der Waals surface area contributed by atoms with Crippen LogP contribution in [0, 0.1) is 59.8 Å². The number of hydrogen-bond donors (Lipinski definition) is 0. The fourth-order valence-corrected chi connectivity index (χ4v) is 3.99. The minimum Gasteiger partial charge on any atom is -0.497 e. The maximum Gasteiger partial charge on any atom is 0.522 e. The van der Waals surface area contributed by atoms with E-state index < -0.39 is 58.4 Å². The van der Waals surface area contributed by atoms with Crippen molar-refractivity contribution in [2.75, 3.05) is 51.1 Å². The highest BCUT2D eigenvalue weighted by molar-refractivity contribution is 14.1. The molecule has 0 radical (unpaired) electrons. The smallest absolute Gasteiger partial charge is 0.497 e. The number of ether oxygens (including phenoxy) is 3. The van der Waals surface area contributed by atoms with Gasteiger partial charge in [0.2, 0.25) is 0 Å². The van der Waals surface area contributed by atoms with Gasteiger partial charge in [-0.05, 0) is 131 Å². The fraction of sp³-hybridized carbons (Fsp3) is 0.520. The van der Waals surface area contributed by atoms with Crippen LogP contribution in [0.2, 0.25) is 0 Å². The van der Waals surface area contributed by atoms with Crippen LogP contribution in [0.1, 0.15) is 155 Å². The molecule has 0 unspecified atom stereocenters. The molecule has 0 amide bonds. The van der Waals surface area contributed by atoms with Crippen LogP contribution in [0.4, 0.5) is 98.5 Å². The van der Waals surface area contributed by atoms with E-state index in [0.29, 0.717) is 19.7 Å². The highest BCUT2D eigenvalue weighted by atomic mass is 127. The van der Waals surface area contributed by atoms with E-state index in [2.05, 4.69) is 213 Å². The Labute approximate surface area is 651 Å². The number of aryl methyl sites for hydroxylation is 7. The van der Waals surface area contributed by atoms with Crippen LogP contribution < -0.4 is 9.47 Å². The summed E-state index contributed by atoms with van der Waals surface area (Å²) in [6.45, 7) is 37.9. The minimum absolute atomic E-state index is 0. The average molecular weight is 1810 g/mol. The molecule has 0 aliphatic heterocycles. The highest BCUT2D eigenvalue weighted by Crippen LogP contribution is 2.95. The Kier molecular flexibility index (Phi) is 86.0. The molecular formula is C75H118BrClF23IO3S2. The number of methoxy groups -OCH3 is 2. The molecule has 0 aliphatic rings. The molecule has 0 aliphatic carbocycles. The zero-order valence-electron chi connectivity index (χ0n) is 65.3. The second-order valence-electron chi connectivity index (χ2n) is 22.3. The molecule has 0 bridgehead atoms. The van der Waals surface area contributed by atoms with Crippen LogP contribution in [0.5, 0.6) is 17.2 Å². The molecule has 106 heavy (non-hydrogen) atoms. The van der Waals surface area contributed by atoms with Crippen molar-refractivity contribution >= 4 is 72.1 Å². The Morgan fingerprint density at radius 2 is 0.670 bits per heavy atom. The predicted molar refractivity (Wildman–Crippen MR) is 421 cm³/mol. The van der Waals surface area contributed by atoms with Crippen molar-refractivity contribution in [3.63, 3.8) is 0 Å². The Balaban J connectivity index is -0.0000000806. The van der Waals surface area contributed by atoms with E-state index in [1.54, 1.807) is 14.0 Å². The van der Waals surface area contributed by atoms with E-state index in [9.17, 15) is 98.5 Å². The van der Waals surface area contributed by atoms with E-state index in [-0.39, 0.29) is 33.0 Å². The summed E-state index contributed by atoms with van der Waals surface area (Å²) < 4.78 is 261. The van der Waals surface area contributed by atoms with E-state index in [1.165, 1.54) is 64.7 Å². The topological polar surface area (TPSA) is 27.7 Å². The second-order valence-corrected chi connectivity index (χ2v) is 25.8. The number of hydrogen-bond acceptors (Lipinski definition) is 4. The van der Waals surface area contributed by atoms with Gasteiger partial charge in [-0.1, -0.05) is 303 Å². The molecule has 0 saturated heterocycles. The summed E-state index contributed by atoms with van der Waals surface area (Å²) in [5, 5.41) is 0. The largest absolute Gasteiger partial charge is 0.522 e. The Morgan fingerprint density at radius 1 is 0.462 bits per heavy atom. The summed E-state index contributed by atoms with van der Waals surface area (Å²) in [6, 6.07) is 47.8. The molecule has 6 aromatic rings. The van der Waals surface area contributed by atoms with Gasteiger partial charge in [0.25, 0.3) is 10.2 Å². The molecule has 0 spiro atoms. The number of halogens is 26. The predicted octanol–water partition coefficient (Wildman–Crippen LogP) is 33.8. The van der Waals surface area contributed by atoms with Crippen LogP contribution in [-0.4, -0.2) is 81.2 Å². The van der Waals surface area contributed by atoms with E-state index in [1.807, 2.05) is 97.4 Å². The zero-order valence-corrected chi connectivity index (χ0v) is 71.4. The lowest BCUT2D eigenvalue weighted by atomic mass is 10.0. The SMILES string of the molecule is C.CBr.CC.CC(C)(C)C.CC(F)(F)C(F)(F)F.CC(F)(F)F.CCC.CCC(C)C.CCl.CF.CI.COC(F)(F)F.COc1ccc(C)cc1.CS(F)(F)(F)(F)F.CSC(F)(F)F.Cc1ccc(C(F)(F)F)cc1.Cc1ccc(C)cc1.Cc1ccc(C)cc1.Cc1cccc(Oc2ccccc2)c1. The van der Waals surface area contributed by atoms with E-state index >= 15 is 0 Å². The Morgan fingerprint density at radius 3 is 0.840 bits per heavy atom. The molecule has 0 fully saturated rings. The van der Waals surface area contributed by atoms with Crippen molar-refractivity contribution in [3.05, 3.63) is 196 Å². The van der Waals surface area contributed by atoms with Gasteiger partial charge in [-0.3, -0.25) is 9.13 Å². The van der Waals surface area contributed by atoms with Gasteiger partial charge in [0, 0.05) is 27.3 Å². The number of alkyl halides is 21. The lowest BCUT2D eigenvalue weighted by Crippen LogP contribution is -2.32. The van der Waals surface area contributed by atoms with Crippen molar-refractivity contribution in [3.8, 4) is 17.2 Å². The summed E-state index contributed by atoms with van der Waals surface area (Å²) in [5.74, 6) is 0.810. The quantitative estimate of drug-likeness (QED) is 0.0999. The van der Waals surface area contributed by atoms with Gasteiger partial charge >= 0.3 is 36.3 Å². The second kappa shape index (κ2) is 69.6. The van der Waals surface area contributed by atoms with Crippen LogP contribution in [0.3, 0.4) is 0 Å². The van der Waals surface area contributed by atoms with Gasteiger partial charge in [-0.15, -0.1) is 24.8 Å². The lowest BCUT2D eigenvalue weighted by molar-refractivity contribution is -0.311. The standard InChI is InChI=1S/C13H12O.C8H7F3.C8H10O.2C8H10.2C5H12.C3H3F5.C3H8.C2H3F3O.C2H3F3S.C2H3F3.C2H6.CH3Br.CH3Cl.CH3F5S.CH3F.CH3I.CH4/c1-11-6-5-9-13(10-11)14-12-7-3-2-4-8-12;1-6-2-4-7(5-3-6)8(9,10)11;1-7-3-5-8(9-2)6-4-7;2*1-7-3-5-8(2)6-4-7;1-5(2,3)4;1-4-5(2)3;1-2(4,5)3(6,7)8;1-3-2;2*1-6-2(3,4)5;1-2(3,4)5;3*1-2;1-7(2,3,4,5)6;2*1-2;/h2-10H,1H3;2-5H,1H3;3-6H,1-2H3;2*3-6H,1-2H3;1-4H3;5H,4H2,1-3H3;1H3;3H2,1-2H3;2*1H3;1H3;1-2H3;2*1H3;1H3;2*1H3;1H4. The third-order valence-electron chi connectivity index (χ3n) is 8.82. The third-order valence-corrected chi connectivity index (χ3v) is 9.28. The zero-order chi connectivity index (χ0) is 86.8. The minimum atomic E-state index is -8.97. The number of rotatable bonds is 4. The number of thioether (sulfide) groups is 1. The van der Waals surface area contributed by atoms with Crippen molar-refractivity contribution < 1.29 is 113 Å². The Hall–Kier alpha value is -4.53.